The second kappa shape index (κ2) is 6.37. The molecule has 0 spiro atoms. The number of allylic oxidation sites excluding steroid dienone is 3. The molecule has 0 aromatic rings. The highest BCUT2D eigenvalue weighted by molar-refractivity contribution is 5.11. The Kier molecular flexibility index (Phi) is 4.77. The lowest BCUT2D eigenvalue weighted by molar-refractivity contribution is -0.154. The molecule has 0 radical (unpaired) electrons. The van der Waals surface area contributed by atoms with Gasteiger partial charge in [-0.1, -0.05) is 52.0 Å². The van der Waals surface area contributed by atoms with Crippen molar-refractivity contribution in [3.8, 4) is 0 Å². The fraction of sp³-hybridized carbons (Fsp3) is 0.810. The normalized spacial score (nSPS) is 52.7. The maximum Gasteiger partial charge on any atom is 0.0392 e. The highest BCUT2D eigenvalue weighted by atomic mass is 15.7. The van der Waals surface area contributed by atoms with Crippen LogP contribution >= 0.6 is 0 Å². The molecule has 4 aliphatic rings. The SMILES string of the molecule is CC=CC1C(C)CC(C2(C)/C=C\CN3CC(C2)N3C)C(C)C1C. The molecule has 0 aromatic heterocycles. The standard InChI is InChI=1S/C21H36N2/c1-7-9-19-15(2)12-20(17(4)16(19)3)21(5)10-8-11-23-14-18(13-21)22(23)6/h7-10,15-20H,11-14H2,1-6H3/b9-7?,10-8-. The van der Waals surface area contributed by atoms with E-state index in [0.29, 0.717) is 5.41 Å². The summed E-state index contributed by atoms with van der Waals surface area (Å²) in [5.41, 5.74) is 0.355. The van der Waals surface area contributed by atoms with Crippen molar-refractivity contribution < 1.29 is 0 Å². The van der Waals surface area contributed by atoms with Gasteiger partial charge in [0.05, 0.1) is 0 Å². The Morgan fingerprint density at radius 2 is 1.91 bits per heavy atom. The summed E-state index contributed by atoms with van der Waals surface area (Å²) in [6, 6.07) is 0.746. The summed E-state index contributed by atoms with van der Waals surface area (Å²) in [7, 11) is 2.27. The van der Waals surface area contributed by atoms with E-state index in [1.54, 1.807) is 0 Å². The van der Waals surface area contributed by atoms with E-state index in [1.807, 2.05) is 0 Å². The molecule has 3 heterocycles. The van der Waals surface area contributed by atoms with Crippen LogP contribution in [0.25, 0.3) is 0 Å². The summed E-state index contributed by atoms with van der Waals surface area (Å²) in [4.78, 5) is 0. The van der Waals surface area contributed by atoms with Crippen molar-refractivity contribution >= 4 is 0 Å². The molecule has 0 N–H and O–H groups in total. The maximum absolute atomic E-state index is 2.58. The van der Waals surface area contributed by atoms with Gasteiger partial charge in [-0.3, -0.25) is 0 Å². The van der Waals surface area contributed by atoms with Gasteiger partial charge in [0.2, 0.25) is 0 Å². The minimum Gasteiger partial charge on any atom is -0.240 e. The summed E-state index contributed by atoms with van der Waals surface area (Å²) in [5.74, 6) is 3.95. The van der Waals surface area contributed by atoms with Crippen LogP contribution < -0.4 is 0 Å². The lowest BCUT2D eigenvalue weighted by Crippen LogP contribution is -2.64. The monoisotopic (exact) mass is 316 g/mol. The number of fused-ring (bicyclic) bond motifs is 3. The number of likely N-dealkylation sites (N-methyl/N-ethyl adjacent to an activating group) is 1. The number of hydrogen-bond acceptors (Lipinski definition) is 2. The molecular weight excluding hydrogens is 280 g/mol. The van der Waals surface area contributed by atoms with Gasteiger partial charge < -0.3 is 0 Å². The van der Waals surface area contributed by atoms with Gasteiger partial charge in [-0.15, -0.1) is 0 Å². The van der Waals surface area contributed by atoms with Gasteiger partial charge in [0.15, 0.2) is 0 Å². The van der Waals surface area contributed by atoms with E-state index in [2.05, 4.69) is 76.0 Å². The molecule has 2 nitrogen and oxygen atoms in total. The lowest BCUT2D eigenvalue weighted by Gasteiger charge is -2.56. The van der Waals surface area contributed by atoms with E-state index in [4.69, 9.17) is 0 Å². The summed E-state index contributed by atoms with van der Waals surface area (Å²) in [6.07, 6.45) is 12.4. The first-order valence-corrected chi connectivity index (χ1v) is 9.65. The predicted molar refractivity (Wildman–Crippen MR) is 98.9 cm³/mol. The molecule has 8 atom stereocenters. The smallest absolute Gasteiger partial charge is 0.0392 e. The van der Waals surface area contributed by atoms with Crippen LogP contribution in [0.1, 0.15) is 47.5 Å². The first-order chi connectivity index (χ1) is 10.9. The Labute approximate surface area is 143 Å². The Morgan fingerprint density at radius 3 is 2.57 bits per heavy atom. The number of rotatable bonds is 2. The first-order valence-electron chi connectivity index (χ1n) is 9.65. The average Bonchev–Trinajstić information content (AvgIpc) is 2.50. The molecule has 2 fully saturated rings. The molecule has 4 rings (SSSR count). The minimum absolute atomic E-state index is 0.355. The zero-order valence-electron chi connectivity index (χ0n) is 16.0. The molecule has 0 aromatic carbocycles. The maximum atomic E-state index is 2.58. The summed E-state index contributed by atoms with van der Waals surface area (Å²) in [6.45, 7) is 14.6. The Hall–Kier alpha value is -0.600. The van der Waals surface area contributed by atoms with Gasteiger partial charge in [0.1, 0.15) is 0 Å². The third kappa shape index (κ3) is 2.93. The van der Waals surface area contributed by atoms with Crippen molar-refractivity contribution in [2.24, 2.45) is 35.0 Å². The van der Waals surface area contributed by atoms with Gasteiger partial charge in [-0.25, -0.2) is 10.0 Å². The number of hydrogen-bond donors (Lipinski definition) is 0. The zero-order valence-corrected chi connectivity index (χ0v) is 16.0. The topological polar surface area (TPSA) is 6.48 Å². The van der Waals surface area contributed by atoms with Crippen LogP contribution in [0.5, 0.6) is 0 Å². The van der Waals surface area contributed by atoms with Crippen LogP contribution in [0, 0.1) is 35.0 Å². The van der Waals surface area contributed by atoms with E-state index in [9.17, 15) is 0 Å². The van der Waals surface area contributed by atoms with E-state index in [0.717, 1.165) is 42.2 Å². The van der Waals surface area contributed by atoms with Crippen molar-refractivity contribution in [2.75, 3.05) is 20.1 Å². The molecule has 0 amide bonds. The second-order valence-corrected chi connectivity index (χ2v) is 8.85. The summed E-state index contributed by atoms with van der Waals surface area (Å²) in [5, 5.41) is 4.93. The second-order valence-electron chi connectivity index (χ2n) is 8.85. The van der Waals surface area contributed by atoms with E-state index in [-0.39, 0.29) is 0 Å². The summed E-state index contributed by atoms with van der Waals surface area (Å²) < 4.78 is 0. The highest BCUT2D eigenvalue weighted by Gasteiger charge is 2.48. The third-order valence-electron chi connectivity index (χ3n) is 7.50. The van der Waals surface area contributed by atoms with E-state index in [1.165, 1.54) is 19.4 Å². The average molecular weight is 317 g/mol. The van der Waals surface area contributed by atoms with Crippen molar-refractivity contribution in [3.05, 3.63) is 24.3 Å². The Balaban J connectivity index is 1.83. The van der Waals surface area contributed by atoms with Crippen molar-refractivity contribution in [1.29, 1.82) is 0 Å². The molecular formula is C21H36N2. The molecule has 2 heteroatoms. The fourth-order valence-electron chi connectivity index (χ4n) is 5.78. The molecule has 130 valence electrons. The Morgan fingerprint density at radius 1 is 1.17 bits per heavy atom. The molecule has 1 aliphatic carbocycles. The van der Waals surface area contributed by atoms with Crippen LogP contribution in [0.2, 0.25) is 0 Å². The lowest BCUT2D eigenvalue weighted by atomic mass is 9.55. The van der Waals surface area contributed by atoms with Crippen molar-refractivity contribution in [2.45, 2.75) is 53.5 Å². The van der Waals surface area contributed by atoms with Crippen molar-refractivity contribution in [1.82, 2.24) is 10.0 Å². The molecule has 3 aliphatic heterocycles. The zero-order chi connectivity index (χ0) is 16.8. The molecule has 2 bridgehead atoms. The molecule has 1 saturated carbocycles. The first kappa shape index (κ1) is 17.2. The third-order valence-corrected chi connectivity index (χ3v) is 7.50. The minimum atomic E-state index is 0.355. The van der Waals surface area contributed by atoms with Crippen LogP contribution in [-0.2, 0) is 0 Å². The van der Waals surface area contributed by atoms with Crippen LogP contribution in [0.3, 0.4) is 0 Å². The summed E-state index contributed by atoms with van der Waals surface area (Å²) >= 11 is 0. The van der Waals surface area contributed by atoms with Gasteiger partial charge in [-0.2, -0.15) is 0 Å². The van der Waals surface area contributed by atoms with E-state index >= 15 is 0 Å². The fourth-order valence-corrected chi connectivity index (χ4v) is 5.78. The quantitative estimate of drug-likeness (QED) is 0.687. The van der Waals surface area contributed by atoms with Crippen LogP contribution in [0.15, 0.2) is 24.3 Å². The molecule has 8 unspecified atom stereocenters. The number of hydrazine groups is 1. The van der Waals surface area contributed by atoms with Gasteiger partial charge in [-0.05, 0) is 54.8 Å². The van der Waals surface area contributed by atoms with Gasteiger partial charge in [0.25, 0.3) is 0 Å². The molecule has 23 heavy (non-hydrogen) atoms. The molecule has 1 saturated heterocycles. The predicted octanol–water partition coefficient (Wildman–Crippen LogP) is 4.60. The van der Waals surface area contributed by atoms with Crippen LogP contribution in [-0.4, -0.2) is 36.2 Å². The van der Waals surface area contributed by atoms with Crippen LogP contribution in [0.4, 0.5) is 0 Å². The Bertz CT molecular complexity index is 482. The van der Waals surface area contributed by atoms with Gasteiger partial charge in [0, 0.05) is 26.2 Å². The van der Waals surface area contributed by atoms with E-state index < -0.39 is 0 Å². The largest absolute Gasteiger partial charge is 0.240 e. The van der Waals surface area contributed by atoms with Gasteiger partial charge >= 0.3 is 0 Å². The van der Waals surface area contributed by atoms with Crippen molar-refractivity contribution in [3.63, 3.8) is 0 Å². The number of nitrogens with zero attached hydrogens (tertiary/aromatic N) is 2. The highest BCUT2D eigenvalue weighted by Crippen LogP contribution is 2.52.